The Morgan fingerprint density at radius 2 is 1.83 bits per heavy atom. The van der Waals surface area contributed by atoms with E-state index in [0.717, 1.165) is 33.6 Å². The molecule has 0 N–H and O–H groups in total. The molecule has 24 heavy (non-hydrogen) atoms. The van der Waals surface area contributed by atoms with Crippen LogP contribution < -0.4 is 9.64 Å². The van der Waals surface area contributed by atoms with Crippen LogP contribution in [0.1, 0.15) is 5.56 Å². The zero-order valence-corrected chi connectivity index (χ0v) is 13.6. The Hall–Kier alpha value is -3.08. The number of rotatable bonds is 4. The molecular formula is C19H17N3O2. The summed E-state index contributed by atoms with van der Waals surface area (Å²) in [6.07, 6.45) is 1.59. The van der Waals surface area contributed by atoms with Gasteiger partial charge in [-0.1, -0.05) is 24.3 Å². The van der Waals surface area contributed by atoms with E-state index < -0.39 is 0 Å². The summed E-state index contributed by atoms with van der Waals surface area (Å²) in [5, 5.41) is 1.01. The zero-order chi connectivity index (χ0) is 16.5. The average Bonchev–Trinajstić information content (AvgIpc) is 3.01. The van der Waals surface area contributed by atoms with E-state index in [1.165, 1.54) is 5.56 Å². The lowest BCUT2D eigenvalue weighted by molar-refractivity contribution is 0.414. The molecule has 5 heteroatoms. The van der Waals surface area contributed by atoms with Gasteiger partial charge in [0.25, 0.3) is 0 Å². The predicted octanol–water partition coefficient (Wildman–Crippen LogP) is 4.02. The smallest absolute Gasteiger partial charge is 0.196 e. The van der Waals surface area contributed by atoms with Crippen molar-refractivity contribution in [3.8, 4) is 5.75 Å². The number of ether oxygens (including phenoxy) is 1. The fraction of sp³-hybridized carbons (Fsp3) is 0.158. The van der Waals surface area contributed by atoms with Crippen LogP contribution in [0.25, 0.3) is 22.1 Å². The SMILES string of the molecule is COc1ccc(CN(C)c2ncnc3c2oc2ccccc23)cc1. The number of hydrogen-bond acceptors (Lipinski definition) is 5. The highest BCUT2D eigenvalue weighted by atomic mass is 16.5. The maximum absolute atomic E-state index is 5.99. The van der Waals surface area contributed by atoms with Crippen molar-refractivity contribution >= 4 is 27.9 Å². The third kappa shape index (κ3) is 2.44. The fourth-order valence-corrected chi connectivity index (χ4v) is 2.86. The van der Waals surface area contributed by atoms with E-state index >= 15 is 0 Å². The Kier molecular flexibility index (Phi) is 3.54. The number of furan rings is 1. The average molecular weight is 319 g/mol. The van der Waals surface area contributed by atoms with Gasteiger partial charge in [-0.3, -0.25) is 0 Å². The van der Waals surface area contributed by atoms with E-state index in [-0.39, 0.29) is 0 Å². The van der Waals surface area contributed by atoms with E-state index in [4.69, 9.17) is 9.15 Å². The molecule has 120 valence electrons. The second-order valence-electron chi connectivity index (χ2n) is 5.68. The largest absolute Gasteiger partial charge is 0.497 e. The maximum Gasteiger partial charge on any atom is 0.196 e. The van der Waals surface area contributed by atoms with Gasteiger partial charge in [0.15, 0.2) is 11.4 Å². The molecule has 4 aromatic rings. The molecule has 0 atom stereocenters. The van der Waals surface area contributed by atoms with E-state index in [1.54, 1.807) is 13.4 Å². The van der Waals surface area contributed by atoms with Crippen molar-refractivity contribution in [3.63, 3.8) is 0 Å². The molecule has 2 aromatic carbocycles. The number of para-hydroxylation sites is 1. The van der Waals surface area contributed by atoms with E-state index in [1.807, 2.05) is 55.6 Å². The molecule has 0 amide bonds. The Balaban J connectivity index is 1.72. The van der Waals surface area contributed by atoms with Crippen molar-refractivity contribution in [2.45, 2.75) is 6.54 Å². The van der Waals surface area contributed by atoms with Gasteiger partial charge >= 0.3 is 0 Å². The number of nitrogens with zero attached hydrogens (tertiary/aromatic N) is 3. The molecular weight excluding hydrogens is 302 g/mol. The molecule has 4 rings (SSSR count). The number of aromatic nitrogens is 2. The van der Waals surface area contributed by atoms with Gasteiger partial charge in [0.2, 0.25) is 0 Å². The van der Waals surface area contributed by atoms with Crippen LogP contribution in [-0.4, -0.2) is 24.1 Å². The predicted molar refractivity (Wildman–Crippen MR) is 94.4 cm³/mol. The lowest BCUT2D eigenvalue weighted by Crippen LogP contribution is -2.17. The number of benzene rings is 2. The van der Waals surface area contributed by atoms with Crippen LogP contribution in [0.2, 0.25) is 0 Å². The lowest BCUT2D eigenvalue weighted by atomic mass is 10.2. The summed E-state index contributed by atoms with van der Waals surface area (Å²) in [5.41, 5.74) is 3.56. The molecule has 0 bridgehead atoms. The molecule has 0 aliphatic heterocycles. The van der Waals surface area contributed by atoms with Gasteiger partial charge in [-0.25, -0.2) is 9.97 Å². The minimum atomic E-state index is 0.715. The standard InChI is InChI=1S/C19H17N3O2/c1-22(11-13-7-9-14(23-2)10-8-13)19-18-17(20-12-21-19)15-5-3-4-6-16(15)24-18/h3-10,12H,11H2,1-2H3. The van der Waals surface area contributed by atoms with Crippen LogP contribution in [0.3, 0.4) is 0 Å². The highest BCUT2D eigenvalue weighted by Gasteiger charge is 2.15. The van der Waals surface area contributed by atoms with Crippen LogP contribution >= 0.6 is 0 Å². The van der Waals surface area contributed by atoms with Crippen LogP contribution in [0.5, 0.6) is 5.75 Å². The van der Waals surface area contributed by atoms with Gasteiger partial charge in [0.1, 0.15) is 23.2 Å². The molecule has 2 heterocycles. The van der Waals surface area contributed by atoms with Crippen molar-refractivity contribution < 1.29 is 9.15 Å². The maximum atomic E-state index is 5.99. The second-order valence-corrected chi connectivity index (χ2v) is 5.68. The highest BCUT2D eigenvalue weighted by molar-refractivity contribution is 6.05. The first-order chi connectivity index (χ1) is 11.8. The molecule has 0 saturated carbocycles. The van der Waals surface area contributed by atoms with Crippen LogP contribution in [0.4, 0.5) is 5.82 Å². The van der Waals surface area contributed by atoms with Crippen molar-refractivity contribution in [2.75, 3.05) is 19.1 Å². The summed E-state index contributed by atoms with van der Waals surface area (Å²) in [5.74, 6) is 1.63. The Morgan fingerprint density at radius 1 is 1.04 bits per heavy atom. The van der Waals surface area contributed by atoms with Crippen LogP contribution in [-0.2, 0) is 6.54 Å². The summed E-state index contributed by atoms with van der Waals surface area (Å²) in [6.45, 7) is 0.715. The second kappa shape index (κ2) is 5.85. The van der Waals surface area contributed by atoms with Gasteiger partial charge in [-0.2, -0.15) is 0 Å². The number of anilines is 1. The van der Waals surface area contributed by atoms with Crippen molar-refractivity contribution in [2.24, 2.45) is 0 Å². The van der Waals surface area contributed by atoms with Crippen LogP contribution in [0.15, 0.2) is 59.3 Å². The first kappa shape index (κ1) is 14.5. The molecule has 5 nitrogen and oxygen atoms in total. The van der Waals surface area contributed by atoms with E-state index in [0.29, 0.717) is 6.54 Å². The minimum absolute atomic E-state index is 0.715. The third-order valence-corrected chi connectivity index (χ3v) is 4.08. The molecule has 0 spiro atoms. The van der Waals surface area contributed by atoms with Crippen molar-refractivity contribution in [3.05, 3.63) is 60.4 Å². The number of methoxy groups -OCH3 is 1. The van der Waals surface area contributed by atoms with Gasteiger partial charge in [0, 0.05) is 19.0 Å². The van der Waals surface area contributed by atoms with Crippen molar-refractivity contribution in [1.82, 2.24) is 9.97 Å². The first-order valence-corrected chi connectivity index (χ1v) is 7.72. The minimum Gasteiger partial charge on any atom is -0.497 e. The van der Waals surface area contributed by atoms with Gasteiger partial charge in [-0.15, -0.1) is 0 Å². The Morgan fingerprint density at radius 3 is 2.62 bits per heavy atom. The fourth-order valence-electron chi connectivity index (χ4n) is 2.86. The molecule has 0 saturated heterocycles. The topological polar surface area (TPSA) is 51.4 Å². The zero-order valence-electron chi connectivity index (χ0n) is 13.6. The lowest BCUT2D eigenvalue weighted by Gasteiger charge is -2.18. The molecule has 0 fully saturated rings. The van der Waals surface area contributed by atoms with E-state index in [2.05, 4.69) is 14.9 Å². The van der Waals surface area contributed by atoms with Crippen molar-refractivity contribution in [1.29, 1.82) is 0 Å². The quantitative estimate of drug-likeness (QED) is 0.568. The number of hydrogen-bond donors (Lipinski definition) is 0. The van der Waals surface area contributed by atoms with Crippen LogP contribution in [0, 0.1) is 0 Å². The summed E-state index contributed by atoms with van der Waals surface area (Å²) in [6, 6.07) is 15.9. The molecule has 0 unspecified atom stereocenters. The van der Waals surface area contributed by atoms with Gasteiger partial charge in [0.05, 0.1) is 7.11 Å². The van der Waals surface area contributed by atoms with E-state index in [9.17, 15) is 0 Å². The summed E-state index contributed by atoms with van der Waals surface area (Å²) < 4.78 is 11.2. The van der Waals surface area contributed by atoms with Gasteiger partial charge < -0.3 is 14.1 Å². The highest BCUT2D eigenvalue weighted by Crippen LogP contribution is 2.32. The number of fused-ring (bicyclic) bond motifs is 3. The third-order valence-electron chi connectivity index (χ3n) is 4.08. The first-order valence-electron chi connectivity index (χ1n) is 7.72. The van der Waals surface area contributed by atoms with Gasteiger partial charge in [-0.05, 0) is 29.8 Å². The Bertz CT molecular complexity index is 993. The summed E-state index contributed by atoms with van der Waals surface area (Å²) in [4.78, 5) is 10.9. The molecule has 0 aliphatic rings. The molecule has 0 aliphatic carbocycles. The molecule has 0 radical (unpaired) electrons. The summed E-state index contributed by atoms with van der Waals surface area (Å²) in [7, 11) is 3.67. The monoisotopic (exact) mass is 319 g/mol. The normalized spacial score (nSPS) is 11.1. The Labute approximate surface area is 139 Å². The molecule has 2 aromatic heterocycles. The summed E-state index contributed by atoms with van der Waals surface area (Å²) >= 11 is 0.